The number of carbonyl (C=O) groups is 2. The molecule has 0 aromatic heterocycles. The molecule has 0 aliphatic carbocycles. The average Bonchev–Trinajstić information content (AvgIpc) is 2.65. The maximum absolute atomic E-state index is 11.9. The summed E-state index contributed by atoms with van der Waals surface area (Å²) in [5.41, 5.74) is 1.48. The van der Waals surface area contributed by atoms with E-state index in [1.54, 1.807) is 6.07 Å². The summed E-state index contributed by atoms with van der Waals surface area (Å²) in [5, 5.41) is 4.56. The monoisotopic (exact) mass is 319 g/mol. The topological polar surface area (TPSA) is 55.4 Å². The van der Waals surface area contributed by atoms with Crippen molar-refractivity contribution in [1.29, 1.82) is 0 Å². The molecule has 1 amide bonds. The number of hydrogen-bond acceptors (Lipinski definition) is 3. The van der Waals surface area contributed by atoms with E-state index in [0.29, 0.717) is 17.9 Å². The second-order valence-electron chi connectivity index (χ2n) is 5.37. The van der Waals surface area contributed by atoms with Crippen LogP contribution in [-0.2, 0) is 11.3 Å². The second kappa shape index (κ2) is 7.42. The lowest BCUT2D eigenvalue weighted by molar-refractivity contribution is -0.123. The number of aldehydes is 1. The zero-order chi connectivity index (χ0) is 16.8. The fourth-order valence-corrected chi connectivity index (χ4v) is 2.51. The Kier molecular flexibility index (Phi) is 4.87. The molecule has 0 fully saturated rings. The van der Waals surface area contributed by atoms with Gasteiger partial charge in [0.1, 0.15) is 5.75 Å². The third-order valence-electron chi connectivity index (χ3n) is 3.74. The highest BCUT2D eigenvalue weighted by Crippen LogP contribution is 2.26. The molecular formula is C20H17NO3. The van der Waals surface area contributed by atoms with Crippen molar-refractivity contribution in [1.82, 2.24) is 5.32 Å². The van der Waals surface area contributed by atoms with Crippen molar-refractivity contribution in [3.63, 3.8) is 0 Å². The van der Waals surface area contributed by atoms with Crippen LogP contribution in [0, 0.1) is 0 Å². The van der Waals surface area contributed by atoms with E-state index in [2.05, 4.69) is 5.32 Å². The Hall–Kier alpha value is -3.14. The van der Waals surface area contributed by atoms with Gasteiger partial charge >= 0.3 is 0 Å². The van der Waals surface area contributed by atoms with Gasteiger partial charge < -0.3 is 10.1 Å². The lowest BCUT2D eigenvalue weighted by Gasteiger charge is -2.11. The number of rotatable bonds is 6. The van der Waals surface area contributed by atoms with E-state index in [4.69, 9.17) is 4.74 Å². The first-order valence-electron chi connectivity index (χ1n) is 7.68. The summed E-state index contributed by atoms with van der Waals surface area (Å²) in [5.74, 6) is 0.183. The van der Waals surface area contributed by atoms with Crippen molar-refractivity contribution < 1.29 is 14.3 Å². The number of fused-ring (bicyclic) bond motifs is 1. The van der Waals surface area contributed by atoms with Gasteiger partial charge in [-0.25, -0.2) is 0 Å². The van der Waals surface area contributed by atoms with Crippen LogP contribution in [0.2, 0.25) is 0 Å². The highest BCUT2D eigenvalue weighted by atomic mass is 16.5. The maximum atomic E-state index is 11.9. The molecule has 0 saturated carbocycles. The smallest absolute Gasteiger partial charge is 0.258 e. The number of carbonyl (C=O) groups excluding carboxylic acids is 2. The van der Waals surface area contributed by atoms with Crippen molar-refractivity contribution in [3.8, 4) is 5.75 Å². The third-order valence-corrected chi connectivity index (χ3v) is 3.74. The zero-order valence-corrected chi connectivity index (χ0v) is 13.1. The summed E-state index contributed by atoms with van der Waals surface area (Å²) in [4.78, 5) is 23.3. The Labute approximate surface area is 140 Å². The Bertz CT molecular complexity index is 859. The minimum absolute atomic E-state index is 0.133. The normalized spacial score (nSPS) is 10.3. The van der Waals surface area contributed by atoms with Crippen LogP contribution in [0.25, 0.3) is 10.8 Å². The number of ether oxygens (including phenoxy) is 1. The molecule has 0 heterocycles. The minimum Gasteiger partial charge on any atom is -0.483 e. The first-order chi connectivity index (χ1) is 11.8. The molecule has 3 rings (SSSR count). The molecule has 0 radical (unpaired) electrons. The summed E-state index contributed by atoms with van der Waals surface area (Å²) < 4.78 is 5.54. The predicted molar refractivity (Wildman–Crippen MR) is 93.1 cm³/mol. The van der Waals surface area contributed by atoms with Gasteiger partial charge in [-0.15, -0.1) is 0 Å². The van der Waals surface area contributed by atoms with E-state index in [-0.39, 0.29) is 12.5 Å². The molecule has 4 heteroatoms. The van der Waals surface area contributed by atoms with Gasteiger partial charge in [0, 0.05) is 6.54 Å². The van der Waals surface area contributed by atoms with Crippen LogP contribution in [0.1, 0.15) is 15.9 Å². The van der Waals surface area contributed by atoms with Gasteiger partial charge in [0.05, 0.1) is 5.56 Å². The van der Waals surface area contributed by atoms with Gasteiger partial charge in [0.25, 0.3) is 5.91 Å². The summed E-state index contributed by atoms with van der Waals surface area (Å²) in [6.07, 6.45) is 0.763. The molecule has 120 valence electrons. The molecule has 0 atom stereocenters. The lowest BCUT2D eigenvalue weighted by Crippen LogP contribution is -2.28. The average molecular weight is 319 g/mol. The molecule has 4 nitrogen and oxygen atoms in total. The molecule has 1 N–H and O–H groups in total. The van der Waals surface area contributed by atoms with Crippen molar-refractivity contribution >= 4 is 23.0 Å². The quantitative estimate of drug-likeness (QED) is 0.709. The first-order valence-corrected chi connectivity index (χ1v) is 7.68. The molecule has 0 aliphatic rings. The Morgan fingerprint density at radius 3 is 2.50 bits per heavy atom. The highest BCUT2D eigenvalue weighted by Gasteiger charge is 2.10. The SMILES string of the molecule is O=Cc1c(OCC(=O)NCc2ccccc2)ccc2ccccc12. The molecule has 0 bridgehead atoms. The first kappa shape index (κ1) is 15.7. The van der Waals surface area contributed by atoms with Gasteiger partial charge in [0.2, 0.25) is 0 Å². The third kappa shape index (κ3) is 3.60. The Morgan fingerprint density at radius 2 is 1.71 bits per heavy atom. The van der Waals surface area contributed by atoms with E-state index in [1.165, 1.54) is 0 Å². The Morgan fingerprint density at radius 1 is 0.958 bits per heavy atom. The highest BCUT2D eigenvalue weighted by molar-refractivity contribution is 6.00. The number of benzene rings is 3. The van der Waals surface area contributed by atoms with Crippen molar-refractivity contribution in [2.24, 2.45) is 0 Å². The van der Waals surface area contributed by atoms with Crippen LogP contribution in [0.4, 0.5) is 0 Å². The summed E-state index contributed by atoms with van der Waals surface area (Å²) in [6.45, 7) is 0.313. The van der Waals surface area contributed by atoms with E-state index >= 15 is 0 Å². The van der Waals surface area contributed by atoms with Crippen LogP contribution in [-0.4, -0.2) is 18.8 Å². The fraction of sp³-hybridized carbons (Fsp3) is 0.100. The van der Waals surface area contributed by atoms with Crippen LogP contribution in [0.15, 0.2) is 66.7 Å². The van der Waals surface area contributed by atoms with Crippen LogP contribution in [0.5, 0.6) is 5.75 Å². The predicted octanol–water partition coefficient (Wildman–Crippen LogP) is 3.35. The van der Waals surface area contributed by atoms with Crippen LogP contribution >= 0.6 is 0 Å². The van der Waals surface area contributed by atoms with E-state index < -0.39 is 0 Å². The summed E-state index contributed by atoms with van der Waals surface area (Å²) in [6, 6.07) is 20.8. The largest absolute Gasteiger partial charge is 0.483 e. The van der Waals surface area contributed by atoms with Crippen LogP contribution < -0.4 is 10.1 Å². The number of nitrogens with one attached hydrogen (secondary N) is 1. The maximum Gasteiger partial charge on any atom is 0.258 e. The van der Waals surface area contributed by atoms with E-state index in [9.17, 15) is 9.59 Å². The van der Waals surface area contributed by atoms with Crippen LogP contribution in [0.3, 0.4) is 0 Å². The van der Waals surface area contributed by atoms with Gasteiger partial charge in [-0.2, -0.15) is 0 Å². The van der Waals surface area contributed by atoms with Gasteiger partial charge in [0.15, 0.2) is 12.9 Å². The molecule has 24 heavy (non-hydrogen) atoms. The molecule has 0 spiro atoms. The molecule has 3 aromatic carbocycles. The van der Waals surface area contributed by atoms with Crippen molar-refractivity contribution in [2.75, 3.05) is 6.61 Å². The fourth-order valence-electron chi connectivity index (χ4n) is 2.51. The lowest BCUT2D eigenvalue weighted by atomic mass is 10.0. The number of amides is 1. The number of hydrogen-bond donors (Lipinski definition) is 1. The summed E-state index contributed by atoms with van der Waals surface area (Å²) >= 11 is 0. The molecule has 0 saturated heterocycles. The van der Waals surface area contributed by atoms with Gasteiger partial charge in [-0.3, -0.25) is 9.59 Å². The molecule has 0 aliphatic heterocycles. The standard InChI is InChI=1S/C20H17NO3/c22-13-18-17-9-5-4-8-16(17)10-11-19(18)24-14-20(23)21-12-15-6-2-1-3-7-15/h1-11,13H,12,14H2,(H,21,23). The Balaban J connectivity index is 1.65. The van der Waals surface area contributed by atoms with E-state index in [0.717, 1.165) is 22.6 Å². The van der Waals surface area contributed by atoms with Gasteiger partial charge in [-0.05, 0) is 22.4 Å². The molecule has 0 unspecified atom stereocenters. The van der Waals surface area contributed by atoms with Crippen molar-refractivity contribution in [3.05, 3.63) is 77.9 Å². The molecule has 3 aromatic rings. The van der Waals surface area contributed by atoms with E-state index in [1.807, 2.05) is 60.7 Å². The zero-order valence-electron chi connectivity index (χ0n) is 13.1. The van der Waals surface area contributed by atoms with Gasteiger partial charge in [-0.1, -0.05) is 60.7 Å². The summed E-state index contributed by atoms with van der Waals surface area (Å²) in [7, 11) is 0. The second-order valence-corrected chi connectivity index (χ2v) is 5.37. The minimum atomic E-state index is -0.233. The molecular weight excluding hydrogens is 302 g/mol. The van der Waals surface area contributed by atoms with Crippen molar-refractivity contribution in [2.45, 2.75) is 6.54 Å².